The van der Waals surface area contributed by atoms with Crippen LogP contribution >= 0.6 is 0 Å². The first-order valence-electron chi connectivity index (χ1n) is 6.92. The molecule has 3 rings (SSSR count). The molecule has 0 spiro atoms. The summed E-state index contributed by atoms with van der Waals surface area (Å²) in [6.07, 6.45) is 0. The second kappa shape index (κ2) is 6.95. The summed E-state index contributed by atoms with van der Waals surface area (Å²) in [4.78, 5) is 22.7. The first-order chi connectivity index (χ1) is 11.3. The van der Waals surface area contributed by atoms with Crippen LogP contribution in [-0.4, -0.2) is 32.6 Å². The van der Waals surface area contributed by atoms with Crippen LogP contribution < -0.4 is 16.3 Å². The van der Waals surface area contributed by atoms with Gasteiger partial charge in [0, 0.05) is 11.6 Å². The molecule has 1 aliphatic rings. The second-order valence-corrected chi connectivity index (χ2v) is 6.86. The van der Waals surface area contributed by atoms with Crippen molar-refractivity contribution in [3.05, 3.63) is 51.9 Å². The van der Waals surface area contributed by atoms with Crippen molar-refractivity contribution >= 4 is 15.8 Å². The summed E-state index contributed by atoms with van der Waals surface area (Å²) in [5.74, 6) is -2.78. The number of carbonyl (C=O) groups excluding carboxylic acids is 1. The number of aromatic carboxylic acids is 1. The summed E-state index contributed by atoms with van der Waals surface area (Å²) in [6, 6.07) is 6.71. The lowest BCUT2D eigenvalue weighted by Crippen LogP contribution is -2.51. The predicted octanol–water partition coefficient (Wildman–Crippen LogP) is -1.82. The number of carbonyl (C=O) groups is 1. The topological polar surface area (TPSA) is 152 Å². The van der Waals surface area contributed by atoms with Crippen molar-refractivity contribution in [1.82, 2.24) is 0 Å². The van der Waals surface area contributed by atoms with Gasteiger partial charge in [-0.15, -0.1) is 0 Å². The molecular weight excluding hydrogens is 338 g/mol. The van der Waals surface area contributed by atoms with E-state index in [9.17, 15) is 23.1 Å². The van der Waals surface area contributed by atoms with E-state index in [0.717, 1.165) is 6.07 Å². The van der Waals surface area contributed by atoms with E-state index in [4.69, 9.17) is 9.52 Å². The van der Waals surface area contributed by atoms with E-state index in [1.54, 1.807) is 12.1 Å². The Bertz CT molecular complexity index is 929. The number of carboxylic acids is 1. The van der Waals surface area contributed by atoms with Gasteiger partial charge < -0.3 is 25.2 Å². The van der Waals surface area contributed by atoms with Gasteiger partial charge in [-0.1, -0.05) is 12.1 Å². The van der Waals surface area contributed by atoms with Gasteiger partial charge in [-0.25, -0.2) is 8.42 Å². The normalized spacial score (nSPS) is 13.9. The Labute approximate surface area is 137 Å². The van der Waals surface area contributed by atoms with Gasteiger partial charge in [-0.3, -0.25) is 4.79 Å². The van der Waals surface area contributed by atoms with Crippen molar-refractivity contribution in [3.63, 3.8) is 0 Å². The van der Waals surface area contributed by atoms with Gasteiger partial charge in [0.1, 0.15) is 11.7 Å². The van der Waals surface area contributed by atoms with Crippen LogP contribution in [0.5, 0.6) is 0 Å². The molecule has 0 bridgehead atoms. The number of carboxylic acid groups (broad SMARTS) is 1. The highest BCUT2D eigenvalue weighted by molar-refractivity contribution is 7.90. The predicted molar refractivity (Wildman–Crippen MR) is 80.5 cm³/mol. The Hall–Kier alpha value is -2.49. The number of fused-ring (bicyclic) bond motifs is 3. The van der Waals surface area contributed by atoms with Gasteiger partial charge >= 0.3 is 0 Å². The van der Waals surface area contributed by atoms with E-state index >= 15 is 0 Å². The summed E-state index contributed by atoms with van der Waals surface area (Å²) in [5, 5.41) is 18.6. The molecule has 0 saturated carbocycles. The molecule has 1 aliphatic heterocycles. The second-order valence-electron chi connectivity index (χ2n) is 4.90. The molecule has 0 radical (unpaired) electrons. The molecule has 1 aromatic carbocycles. The van der Waals surface area contributed by atoms with Crippen molar-refractivity contribution in [2.24, 2.45) is 0 Å². The number of hydrogen-bond donors (Lipinski definition) is 2. The lowest BCUT2D eigenvalue weighted by molar-refractivity contribution is -0.372. The van der Waals surface area contributed by atoms with Crippen LogP contribution in [0.2, 0.25) is 0 Å². The van der Waals surface area contributed by atoms with Crippen LogP contribution in [0, 0.1) is 0 Å². The zero-order valence-electron chi connectivity index (χ0n) is 12.5. The summed E-state index contributed by atoms with van der Waals surface area (Å²) in [5.41, 5.74) is 2.79. The number of aliphatic hydroxyl groups excluding tert-OH is 1. The van der Waals surface area contributed by atoms with Crippen LogP contribution in [0.4, 0.5) is 0 Å². The fourth-order valence-electron chi connectivity index (χ4n) is 2.17. The average Bonchev–Trinajstić information content (AvgIpc) is 2.56. The lowest BCUT2D eigenvalue weighted by atomic mass is 10.1. The van der Waals surface area contributed by atoms with Crippen LogP contribution in [0.25, 0.3) is 11.3 Å². The first kappa shape index (κ1) is 17.9. The number of sulfone groups is 1. The SMILES string of the molecule is O=C([O-])c1cc(=O)c2c(o1)-c1ccccc1S(=O)(=O)C2.[NH3+]CCO. The Kier molecular flexibility index (Phi) is 5.17. The smallest absolute Gasteiger partial charge is 0.190 e. The van der Waals surface area contributed by atoms with Gasteiger partial charge in [0.25, 0.3) is 0 Å². The van der Waals surface area contributed by atoms with E-state index in [1.165, 1.54) is 12.1 Å². The van der Waals surface area contributed by atoms with E-state index in [-0.39, 0.29) is 28.4 Å². The van der Waals surface area contributed by atoms with E-state index in [0.29, 0.717) is 6.54 Å². The number of aliphatic hydroxyl groups is 1. The molecule has 4 N–H and O–H groups in total. The van der Waals surface area contributed by atoms with E-state index < -0.39 is 32.7 Å². The molecule has 0 amide bonds. The Morgan fingerprint density at radius 3 is 2.54 bits per heavy atom. The minimum atomic E-state index is -3.63. The number of hydrogen-bond acceptors (Lipinski definition) is 7. The van der Waals surface area contributed by atoms with Crippen molar-refractivity contribution < 1.29 is 33.6 Å². The third-order valence-electron chi connectivity index (χ3n) is 3.21. The third kappa shape index (κ3) is 3.37. The van der Waals surface area contributed by atoms with Crippen LogP contribution in [0.1, 0.15) is 16.1 Å². The minimum Gasteiger partial charge on any atom is -0.542 e. The highest BCUT2D eigenvalue weighted by atomic mass is 32.2. The molecule has 9 heteroatoms. The quantitative estimate of drug-likeness (QED) is 0.644. The molecule has 0 unspecified atom stereocenters. The molecule has 0 atom stereocenters. The molecular formula is C15H15NO7S. The largest absolute Gasteiger partial charge is 0.542 e. The van der Waals surface area contributed by atoms with Crippen molar-refractivity contribution in [2.75, 3.05) is 13.2 Å². The molecule has 1 aromatic heterocycles. The van der Waals surface area contributed by atoms with Crippen LogP contribution in [-0.2, 0) is 15.6 Å². The minimum absolute atomic E-state index is 0.0196. The molecule has 0 saturated heterocycles. The monoisotopic (exact) mass is 353 g/mol. The van der Waals surface area contributed by atoms with E-state index in [1.807, 2.05) is 0 Å². The van der Waals surface area contributed by atoms with Crippen LogP contribution in [0.15, 0.2) is 44.4 Å². The Morgan fingerprint density at radius 2 is 1.96 bits per heavy atom. The molecule has 8 nitrogen and oxygen atoms in total. The molecule has 24 heavy (non-hydrogen) atoms. The molecule has 2 heterocycles. The first-order valence-corrected chi connectivity index (χ1v) is 8.57. The maximum Gasteiger partial charge on any atom is 0.190 e. The molecule has 128 valence electrons. The fourth-order valence-corrected chi connectivity index (χ4v) is 3.76. The number of rotatable bonds is 2. The Balaban J connectivity index is 0.000000471. The zero-order chi connectivity index (χ0) is 17.9. The average molecular weight is 353 g/mol. The standard InChI is InChI=1S/C13H8O6S.C2H7NO/c14-9-5-10(13(15)16)19-12-7-3-1-2-4-11(7)20(17,18)6-8(9)12;3-1-2-4/h1-5H,6H2,(H,15,16);4H,1-3H2. The summed E-state index contributed by atoms with van der Waals surface area (Å²) < 4.78 is 29.3. The Morgan fingerprint density at radius 1 is 1.33 bits per heavy atom. The number of benzene rings is 1. The van der Waals surface area contributed by atoms with Crippen molar-refractivity contribution in [2.45, 2.75) is 10.6 Å². The summed E-state index contributed by atoms with van der Waals surface area (Å²) in [7, 11) is -3.63. The maximum atomic E-state index is 12.1. The molecule has 0 fully saturated rings. The zero-order valence-corrected chi connectivity index (χ0v) is 13.3. The highest BCUT2D eigenvalue weighted by Crippen LogP contribution is 2.36. The van der Waals surface area contributed by atoms with Gasteiger partial charge in [0.05, 0.1) is 29.4 Å². The highest BCUT2D eigenvalue weighted by Gasteiger charge is 2.31. The van der Waals surface area contributed by atoms with E-state index in [2.05, 4.69) is 5.73 Å². The van der Waals surface area contributed by atoms with Crippen molar-refractivity contribution in [3.8, 4) is 11.3 Å². The van der Waals surface area contributed by atoms with Gasteiger partial charge in [0.15, 0.2) is 21.0 Å². The molecule has 0 aliphatic carbocycles. The fraction of sp³-hybridized carbons (Fsp3) is 0.200. The number of quaternary nitrogens is 1. The summed E-state index contributed by atoms with van der Waals surface area (Å²) >= 11 is 0. The van der Waals surface area contributed by atoms with Crippen molar-refractivity contribution in [1.29, 1.82) is 0 Å². The molecule has 2 aromatic rings. The van der Waals surface area contributed by atoms with Crippen LogP contribution in [0.3, 0.4) is 0 Å². The van der Waals surface area contributed by atoms with Gasteiger partial charge in [-0.05, 0) is 12.1 Å². The third-order valence-corrected chi connectivity index (χ3v) is 4.90. The van der Waals surface area contributed by atoms with Gasteiger partial charge in [-0.2, -0.15) is 0 Å². The lowest BCUT2D eigenvalue weighted by Gasteiger charge is -2.18. The summed E-state index contributed by atoms with van der Waals surface area (Å²) in [6.45, 7) is 0.833. The van der Waals surface area contributed by atoms with Gasteiger partial charge in [0.2, 0.25) is 0 Å². The maximum absolute atomic E-state index is 12.1.